The zero-order chi connectivity index (χ0) is 29.3. The van der Waals surface area contributed by atoms with Crippen molar-refractivity contribution in [2.45, 2.75) is 36.7 Å². The van der Waals surface area contributed by atoms with Crippen molar-refractivity contribution >= 4 is 5.91 Å². The highest BCUT2D eigenvalue weighted by Crippen LogP contribution is 2.60. The summed E-state index contributed by atoms with van der Waals surface area (Å²) in [6, 6.07) is 36.8. The maximum Gasteiger partial charge on any atom is 0.229 e. The number of fused-ring (bicyclic) bond motifs is 1. The number of likely N-dealkylation sites (tertiary alicyclic amines) is 1. The summed E-state index contributed by atoms with van der Waals surface area (Å²) >= 11 is 0. The zero-order valence-corrected chi connectivity index (χ0v) is 24.6. The molecule has 42 heavy (non-hydrogen) atoms. The predicted octanol–water partition coefficient (Wildman–Crippen LogP) is 6.55. The number of amides is 1. The Morgan fingerprint density at radius 2 is 1.26 bits per heavy atom. The van der Waals surface area contributed by atoms with Crippen LogP contribution in [0.2, 0.25) is 0 Å². The fraction of sp³-hybridized carbons (Fsp3) is 0.324. The second-order valence-electron chi connectivity index (χ2n) is 11.7. The van der Waals surface area contributed by atoms with Gasteiger partial charge in [-0.15, -0.1) is 0 Å². The fourth-order valence-electron chi connectivity index (χ4n) is 7.85. The lowest BCUT2D eigenvalue weighted by atomic mass is 9.52. The van der Waals surface area contributed by atoms with Crippen molar-refractivity contribution in [3.8, 4) is 11.5 Å². The van der Waals surface area contributed by atoms with Crippen molar-refractivity contribution < 1.29 is 19.4 Å². The summed E-state index contributed by atoms with van der Waals surface area (Å²) in [5.74, 6) is 0.813. The zero-order valence-electron chi connectivity index (χ0n) is 24.6. The van der Waals surface area contributed by atoms with Crippen molar-refractivity contribution in [2.75, 3.05) is 27.3 Å². The highest BCUT2D eigenvalue weighted by atomic mass is 16.5. The molecule has 0 aromatic heterocycles. The molecule has 2 fully saturated rings. The smallest absolute Gasteiger partial charge is 0.229 e. The topological polar surface area (TPSA) is 59.0 Å². The molecule has 216 valence electrons. The van der Waals surface area contributed by atoms with Gasteiger partial charge in [0.1, 0.15) is 11.5 Å². The Hall–Kier alpha value is -4.09. The van der Waals surface area contributed by atoms with Gasteiger partial charge in [-0.3, -0.25) is 4.79 Å². The van der Waals surface area contributed by atoms with E-state index in [-0.39, 0.29) is 29.1 Å². The van der Waals surface area contributed by atoms with E-state index in [9.17, 15) is 9.90 Å². The lowest BCUT2D eigenvalue weighted by molar-refractivity contribution is -0.132. The Morgan fingerprint density at radius 1 is 0.738 bits per heavy atom. The summed E-state index contributed by atoms with van der Waals surface area (Å²) in [4.78, 5) is 16.3. The van der Waals surface area contributed by atoms with Crippen LogP contribution in [-0.4, -0.2) is 43.2 Å². The van der Waals surface area contributed by atoms with Gasteiger partial charge >= 0.3 is 0 Å². The summed E-state index contributed by atoms with van der Waals surface area (Å²) in [5, 5.41) is 12.8. The monoisotopic (exact) mass is 561 g/mol. The van der Waals surface area contributed by atoms with Crippen molar-refractivity contribution in [1.82, 2.24) is 4.90 Å². The predicted molar refractivity (Wildman–Crippen MR) is 165 cm³/mol. The van der Waals surface area contributed by atoms with Crippen LogP contribution in [0.1, 0.15) is 47.9 Å². The van der Waals surface area contributed by atoms with Gasteiger partial charge in [-0.1, -0.05) is 97.1 Å². The molecule has 0 bridgehead atoms. The molecule has 1 saturated carbocycles. The number of hydrogen-bond acceptors (Lipinski definition) is 4. The summed E-state index contributed by atoms with van der Waals surface area (Å²) in [5.41, 5.74) is 2.58. The largest absolute Gasteiger partial charge is 0.496 e. The number of nitrogens with zero attached hydrogens (tertiary/aromatic N) is 1. The number of methoxy groups -OCH3 is 2. The lowest BCUT2D eigenvalue weighted by Crippen LogP contribution is -2.53. The third-order valence-corrected chi connectivity index (χ3v) is 9.91. The van der Waals surface area contributed by atoms with E-state index < -0.39 is 5.60 Å². The standard InChI is InChI=1S/C37H39NO4/c1-26(29-18-10-12-20-33(29)41-2)35(39)38-24-31-32(25-38)37(40,30-19-11-13-21-34(30)42-3)23-22-36(31,27-14-6-4-7-15-27)28-16-8-5-9-17-28/h4-21,26,31-32,40H,22-25H2,1-3H3/t26?,31-,32+,37?/m1/s1. The summed E-state index contributed by atoms with van der Waals surface area (Å²) in [6.07, 6.45) is 1.28. The number of hydrogen-bond donors (Lipinski definition) is 1. The Labute approximate surface area is 248 Å². The van der Waals surface area contributed by atoms with Crippen LogP contribution in [0.4, 0.5) is 0 Å². The molecule has 1 aliphatic heterocycles. The van der Waals surface area contributed by atoms with Crippen molar-refractivity contribution in [1.29, 1.82) is 0 Å². The van der Waals surface area contributed by atoms with Gasteiger partial charge in [-0.2, -0.15) is 0 Å². The molecule has 0 spiro atoms. The number of para-hydroxylation sites is 2. The highest BCUT2D eigenvalue weighted by molar-refractivity contribution is 5.84. The van der Waals surface area contributed by atoms with E-state index in [0.717, 1.165) is 17.5 Å². The van der Waals surface area contributed by atoms with Gasteiger partial charge in [0.2, 0.25) is 5.91 Å². The molecule has 0 radical (unpaired) electrons. The van der Waals surface area contributed by atoms with Gasteiger partial charge in [0.25, 0.3) is 0 Å². The van der Waals surface area contributed by atoms with Crippen molar-refractivity contribution in [3.63, 3.8) is 0 Å². The molecule has 1 saturated heterocycles. The average molecular weight is 562 g/mol. The first-order valence-corrected chi connectivity index (χ1v) is 14.8. The van der Waals surface area contributed by atoms with Gasteiger partial charge in [-0.05, 0) is 48.9 Å². The van der Waals surface area contributed by atoms with Crippen LogP contribution in [0.3, 0.4) is 0 Å². The first-order chi connectivity index (χ1) is 20.4. The van der Waals surface area contributed by atoms with E-state index in [2.05, 4.69) is 48.5 Å². The molecule has 5 nitrogen and oxygen atoms in total. The van der Waals surface area contributed by atoms with Crippen LogP contribution in [0.5, 0.6) is 11.5 Å². The van der Waals surface area contributed by atoms with Gasteiger partial charge in [0.15, 0.2) is 0 Å². The Kier molecular flexibility index (Phi) is 7.54. The van der Waals surface area contributed by atoms with Gasteiger partial charge in [-0.25, -0.2) is 0 Å². The average Bonchev–Trinajstić information content (AvgIpc) is 3.52. The van der Waals surface area contributed by atoms with E-state index in [1.54, 1.807) is 14.2 Å². The third-order valence-electron chi connectivity index (χ3n) is 9.91. The van der Waals surface area contributed by atoms with E-state index >= 15 is 0 Å². The second kappa shape index (κ2) is 11.3. The second-order valence-corrected chi connectivity index (χ2v) is 11.7. The van der Waals surface area contributed by atoms with E-state index in [0.29, 0.717) is 31.0 Å². The fourth-order valence-corrected chi connectivity index (χ4v) is 7.85. The number of carbonyl (C=O) groups is 1. The third kappa shape index (κ3) is 4.47. The van der Waals surface area contributed by atoms with E-state index in [1.807, 2.05) is 72.5 Å². The minimum Gasteiger partial charge on any atom is -0.496 e. The molecule has 4 aromatic carbocycles. The first-order valence-electron chi connectivity index (χ1n) is 14.8. The molecule has 5 heteroatoms. The van der Waals surface area contributed by atoms with Crippen LogP contribution in [0.15, 0.2) is 109 Å². The molecule has 2 aliphatic rings. The maximum atomic E-state index is 14.3. The van der Waals surface area contributed by atoms with Crippen molar-refractivity contribution in [2.24, 2.45) is 11.8 Å². The summed E-state index contributed by atoms with van der Waals surface area (Å²) < 4.78 is 11.4. The quantitative estimate of drug-likeness (QED) is 0.278. The Balaban J connectivity index is 1.49. The van der Waals surface area contributed by atoms with Crippen LogP contribution in [-0.2, 0) is 15.8 Å². The highest BCUT2D eigenvalue weighted by Gasteiger charge is 2.61. The molecule has 1 amide bonds. The van der Waals surface area contributed by atoms with Gasteiger partial charge < -0.3 is 19.5 Å². The number of ether oxygens (including phenoxy) is 2. The molecule has 1 N–H and O–H groups in total. The van der Waals surface area contributed by atoms with Crippen molar-refractivity contribution in [3.05, 3.63) is 131 Å². The maximum absolute atomic E-state index is 14.3. The van der Waals surface area contributed by atoms with Gasteiger partial charge in [0.05, 0.1) is 25.7 Å². The minimum atomic E-state index is -1.16. The summed E-state index contributed by atoms with van der Waals surface area (Å²) in [7, 11) is 3.29. The van der Waals surface area contributed by atoms with Crippen LogP contribution in [0, 0.1) is 11.8 Å². The number of aliphatic hydroxyl groups is 1. The lowest BCUT2D eigenvalue weighted by Gasteiger charge is -2.53. The normalized spacial score (nSPS) is 23.6. The van der Waals surface area contributed by atoms with Crippen LogP contribution >= 0.6 is 0 Å². The molecule has 6 rings (SSSR count). The number of rotatable bonds is 7. The Morgan fingerprint density at radius 3 is 1.88 bits per heavy atom. The van der Waals surface area contributed by atoms with E-state index in [1.165, 1.54) is 11.1 Å². The van der Waals surface area contributed by atoms with Gasteiger partial charge in [0, 0.05) is 35.5 Å². The van der Waals surface area contributed by atoms with E-state index in [4.69, 9.17) is 9.47 Å². The summed E-state index contributed by atoms with van der Waals surface area (Å²) in [6.45, 7) is 2.96. The minimum absolute atomic E-state index is 0.0280. The molecular weight excluding hydrogens is 522 g/mol. The van der Waals surface area contributed by atoms with Crippen LogP contribution in [0.25, 0.3) is 0 Å². The number of carbonyl (C=O) groups excluding carboxylic acids is 1. The molecule has 2 unspecified atom stereocenters. The molecule has 1 aliphatic carbocycles. The molecule has 1 heterocycles. The SMILES string of the molecule is COc1ccccc1C(C)C(=O)N1C[C@@H]2[C@H](C1)C(O)(c1ccccc1OC)CCC2(c1ccccc1)c1ccccc1. The first kappa shape index (κ1) is 28.0. The molecule has 4 atom stereocenters. The molecular formula is C37H39NO4. The van der Waals surface area contributed by atoms with Crippen LogP contribution < -0.4 is 9.47 Å². The Bertz CT molecular complexity index is 1500. The number of benzene rings is 4. The molecule has 4 aromatic rings.